The van der Waals surface area contributed by atoms with Crippen LogP contribution >= 0.6 is 0 Å². The maximum Gasteiger partial charge on any atom is 0.387 e. The standard InChI is InChI=1S/C22H27F2N3O2/c1-25-12-13-27(20(15-25)18-6-4-3-5-7-18)16-21(28)26(2)14-17-8-10-19(11-9-17)29-22(23)24/h3-11,20,22H,12-16H2,1-2H3. The molecule has 1 atom stereocenters. The number of benzene rings is 2. The third-order valence-corrected chi connectivity index (χ3v) is 5.21. The minimum absolute atomic E-state index is 0.0309. The van der Waals surface area contributed by atoms with Crippen LogP contribution in [0.25, 0.3) is 0 Å². The van der Waals surface area contributed by atoms with Gasteiger partial charge >= 0.3 is 6.61 Å². The molecular formula is C22H27F2N3O2. The maximum absolute atomic E-state index is 12.8. The molecule has 156 valence electrons. The Morgan fingerprint density at radius 2 is 1.83 bits per heavy atom. The largest absolute Gasteiger partial charge is 0.435 e. The van der Waals surface area contributed by atoms with Gasteiger partial charge in [0.15, 0.2) is 0 Å². The van der Waals surface area contributed by atoms with E-state index in [4.69, 9.17) is 0 Å². The van der Waals surface area contributed by atoms with Crippen molar-refractivity contribution in [1.82, 2.24) is 14.7 Å². The molecule has 1 amide bonds. The molecule has 1 saturated heterocycles. The van der Waals surface area contributed by atoms with E-state index in [-0.39, 0.29) is 17.7 Å². The lowest BCUT2D eigenvalue weighted by Crippen LogP contribution is -2.50. The molecule has 3 rings (SSSR count). The SMILES string of the molecule is CN1CCN(CC(=O)N(C)Cc2ccc(OC(F)F)cc2)C(c2ccccc2)C1. The van der Waals surface area contributed by atoms with Crippen LogP contribution in [-0.4, -0.2) is 67.5 Å². The van der Waals surface area contributed by atoms with Crippen LogP contribution in [0.3, 0.4) is 0 Å². The fourth-order valence-electron chi connectivity index (χ4n) is 3.57. The number of hydrogen-bond donors (Lipinski definition) is 0. The van der Waals surface area contributed by atoms with Crippen LogP contribution in [0.15, 0.2) is 54.6 Å². The van der Waals surface area contributed by atoms with Gasteiger partial charge in [-0.25, -0.2) is 0 Å². The summed E-state index contributed by atoms with van der Waals surface area (Å²) >= 11 is 0. The van der Waals surface area contributed by atoms with Gasteiger partial charge in [-0.3, -0.25) is 9.69 Å². The predicted octanol–water partition coefficient (Wildman–Crippen LogP) is 3.24. The van der Waals surface area contributed by atoms with Gasteiger partial charge in [-0.1, -0.05) is 42.5 Å². The molecule has 1 heterocycles. The molecule has 0 radical (unpaired) electrons. The molecule has 1 fully saturated rings. The molecule has 0 bridgehead atoms. The van der Waals surface area contributed by atoms with Crippen molar-refractivity contribution >= 4 is 5.91 Å². The summed E-state index contributed by atoms with van der Waals surface area (Å²) in [5, 5.41) is 0. The number of hydrogen-bond acceptors (Lipinski definition) is 4. The lowest BCUT2D eigenvalue weighted by molar-refractivity contribution is -0.133. The van der Waals surface area contributed by atoms with Gasteiger partial charge in [-0.05, 0) is 30.3 Å². The van der Waals surface area contributed by atoms with Crippen LogP contribution in [-0.2, 0) is 11.3 Å². The van der Waals surface area contributed by atoms with E-state index in [9.17, 15) is 13.6 Å². The summed E-state index contributed by atoms with van der Waals surface area (Å²) in [5.74, 6) is 0.143. The van der Waals surface area contributed by atoms with E-state index in [1.54, 1.807) is 24.1 Å². The first kappa shape index (κ1) is 21.2. The van der Waals surface area contributed by atoms with Gasteiger partial charge in [0, 0.05) is 39.3 Å². The van der Waals surface area contributed by atoms with Gasteiger partial charge in [0.25, 0.3) is 0 Å². The highest BCUT2D eigenvalue weighted by Crippen LogP contribution is 2.24. The normalized spacial score (nSPS) is 18.0. The maximum atomic E-state index is 12.8. The van der Waals surface area contributed by atoms with Crippen molar-refractivity contribution in [3.8, 4) is 5.75 Å². The molecule has 2 aromatic carbocycles. The molecule has 0 aliphatic carbocycles. The van der Waals surface area contributed by atoms with Gasteiger partial charge in [-0.2, -0.15) is 8.78 Å². The monoisotopic (exact) mass is 403 g/mol. The highest BCUT2D eigenvalue weighted by Gasteiger charge is 2.28. The second-order valence-electron chi connectivity index (χ2n) is 7.43. The summed E-state index contributed by atoms with van der Waals surface area (Å²) in [5.41, 5.74) is 2.07. The third-order valence-electron chi connectivity index (χ3n) is 5.21. The Kier molecular flexibility index (Phi) is 7.17. The van der Waals surface area contributed by atoms with E-state index in [2.05, 4.69) is 33.7 Å². The van der Waals surface area contributed by atoms with Gasteiger partial charge in [-0.15, -0.1) is 0 Å². The molecule has 0 saturated carbocycles. The Labute approximate surface area is 170 Å². The number of halogens is 2. The van der Waals surface area contributed by atoms with E-state index < -0.39 is 6.61 Å². The fraction of sp³-hybridized carbons (Fsp3) is 0.409. The minimum Gasteiger partial charge on any atom is -0.435 e. The summed E-state index contributed by atoms with van der Waals surface area (Å²) in [7, 11) is 3.86. The average Bonchev–Trinajstić information content (AvgIpc) is 2.71. The summed E-state index contributed by atoms with van der Waals surface area (Å²) in [6.45, 7) is 0.549. The number of rotatable bonds is 7. The number of ether oxygens (including phenoxy) is 1. The van der Waals surface area contributed by atoms with E-state index in [1.165, 1.54) is 17.7 Å². The molecule has 1 aliphatic rings. The number of piperazine rings is 1. The van der Waals surface area contributed by atoms with Crippen LogP contribution in [0.4, 0.5) is 8.78 Å². The molecule has 1 unspecified atom stereocenters. The average molecular weight is 403 g/mol. The van der Waals surface area contributed by atoms with Gasteiger partial charge < -0.3 is 14.5 Å². The Hall–Kier alpha value is -2.51. The Morgan fingerprint density at radius 1 is 1.14 bits per heavy atom. The summed E-state index contributed by atoms with van der Waals surface area (Å²) in [4.78, 5) is 19.0. The number of amides is 1. The molecule has 1 aliphatic heterocycles. The van der Waals surface area contributed by atoms with Crippen molar-refractivity contribution in [2.75, 3.05) is 40.3 Å². The van der Waals surface area contributed by atoms with Gasteiger partial charge in [0.2, 0.25) is 5.91 Å². The van der Waals surface area contributed by atoms with Crippen LogP contribution < -0.4 is 4.74 Å². The molecule has 0 spiro atoms. The van der Waals surface area contributed by atoms with Crippen molar-refractivity contribution in [3.05, 3.63) is 65.7 Å². The second kappa shape index (κ2) is 9.80. The van der Waals surface area contributed by atoms with Gasteiger partial charge in [0.1, 0.15) is 5.75 Å². The number of likely N-dealkylation sites (N-methyl/N-ethyl adjacent to an activating group) is 2. The number of alkyl halides is 2. The van der Waals surface area contributed by atoms with Gasteiger partial charge in [0.05, 0.1) is 6.54 Å². The van der Waals surface area contributed by atoms with Crippen molar-refractivity contribution < 1.29 is 18.3 Å². The molecule has 0 N–H and O–H groups in total. The first-order chi connectivity index (χ1) is 13.9. The topological polar surface area (TPSA) is 36.0 Å². The highest BCUT2D eigenvalue weighted by molar-refractivity contribution is 5.78. The fourth-order valence-corrected chi connectivity index (χ4v) is 3.57. The molecule has 2 aromatic rings. The summed E-state index contributed by atoms with van der Waals surface area (Å²) in [6.07, 6.45) is 0. The zero-order valence-corrected chi connectivity index (χ0v) is 16.8. The zero-order valence-electron chi connectivity index (χ0n) is 16.8. The third kappa shape index (κ3) is 5.98. The second-order valence-corrected chi connectivity index (χ2v) is 7.43. The van der Waals surface area contributed by atoms with Crippen LogP contribution in [0.2, 0.25) is 0 Å². The first-order valence-electron chi connectivity index (χ1n) is 9.67. The Morgan fingerprint density at radius 3 is 2.48 bits per heavy atom. The molecule has 0 aromatic heterocycles. The molecular weight excluding hydrogens is 376 g/mol. The molecule has 29 heavy (non-hydrogen) atoms. The van der Waals surface area contributed by atoms with E-state index in [0.717, 1.165) is 25.2 Å². The van der Waals surface area contributed by atoms with Crippen molar-refractivity contribution in [3.63, 3.8) is 0 Å². The summed E-state index contributed by atoms with van der Waals surface area (Å²) in [6, 6.07) is 16.8. The number of nitrogens with zero attached hydrogens (tertiary/aromatic N) is 3. The highest BCUT2D eigenvalue weighted by atomic mass is 19.3. The number of carbonyl (C=O) groups is 1. The summed E-state index contributed by atoms with van der Waals surface area (Å²) < 4.78 is 28.9. The van der Waals surface area contributed by atoms with E-state index in [0.29, 0.717) is 13.1 Å². The zero-order chi connectivity index (χ0) is 20.8. The van der Waals surface area contributed by atoms with Crippen molar-refractivity contribution in [1.29, 1.82) is 0 Å². The molecule has 7 heteroatoms. The smallest absolute Gasteiger partial charge is 0.387 e. The van der Waals surface area contributed by atoms with Crippen molar-refractivity contribution in [2.45, 2.75) is 19.2 Å². The lowest BCUT2D eigenvalue weighted by Gasteiger charge is -2.40. The van der Waals surface area contributed by atoms with Crippen LogP contribution in [0.1, 0.15) is 17.2 Å². The minimum atomic E-state index is -2.84. The quantitative estimate of drug-likeness (QED) is 0.711. The Balaban J connectivity index is 1.60. The Bertz CT molecular complexity index is 786. The first-order valence-corrected chi connectivity index (χ1v) is 9.67. The van der Waals surface area contributed by atoms with Crippen LogP contribution in [0.5, 0.6) is 5.75 Å². The van der Waals surface area contributed by atoms with E-state index in [1.807, 2.05) is 18.2 Å². The molecule has 5 nitrogen and oxygen atoms in total. The lowest BCUT2D eigenvalue weighted by atomic mass is 10.0. The van der Waals surface area contributed by atoms with Crippen LogP contribution in [0, 0.1) is 0 Å². The van der Waals surface area contributed by atoms with E-state index >= 15 is 0 Å². The predicted molar refractivity (Wildman–Crippen MR) is 108 cm³/mol. The van der Waals surface area contributed by atoms with Crippen molar-refractivity contribution in [2.24, 2.45) is 0 Å². The number of carbonyl (C=O) groups excluding carboxylic acids is 1.